The van der Waals surface area contributed by atoms with Gasteiger partial charge in [0.25, 0.3) is 0 Å². The number of nitrogens with zero attached hydrogens (tertiary/aromatic N) is 1. The minimum Gasteiger partial charge on any atom is -0.343 e. The predicted octanol–water partition coefficient (Wildman–Crippen LogP) is 4.09. The third kappa shape index (κ3) is 2.87. The quantitative estimate of drug-likeness (QED) is 0.757. The molecule has 0 spiro atoms. The summed E-state index contributed by atoms with van der Waals surface area (Å²) >= 11 is 3.40. The Bertz CT molecular complexity index is 780. The first-order valence-electron chi connectivity index (χ1n) is 6.90. The molecule has 0 aliphatic carbocycles. The molecule has 1 aromatic heterocycles. The van der Waals surface area contributed by atoms with Gasteiger partial charge in [0.1, 0.15) is 5.82 Å². The summed E-state index contributed by atoms with van der Waals surface area (Å²) < 4.78 is 16.9. The zero-order valence-corrected chi connectivity index (χ0v) is 13.1. The molecule has 3 rings (SSSR count). The van der Waals surface area contributed by atoms with Crippen molar-refractivity contribution in [1.29, 1.82) is 0 Å². The molecule has 0 fully saturated rings. The Morgan fingerprint density at radius 2 is 1.95 bits per heavy atom. The summed E-state index contributed by atoms with van der Waals surface area (Å²) in [5.41, 5.74) is 8.71. The molecule has 0 atom stereocenters. The van der Waals surface area contributed by atoms with Crippen molar-refractivity contribution >= 4 is 26.8 Å². The highest BCUT2D eigenvalue weighted by molar-refractivity contribution is 9.10. The monoisotopic (exact) mass is 346 g/mol. The van der Waals surface area contributed by atoms with E-state index in [9.17, 15) is 4.39 Å². The van der Waals surface area contributed by atoms with Gasteiger partial charge in [-0.3, -0.25) is 0 Å². The van der Waals surface area contributed by atoms with Crippen LogP contribution < -0.4 is 5.73 Å². The maximum atomic E-state index is 14.0. The number of halogens is 2. The first kappa shape index (κ1) is 14.3. The van der Waals surface area contributed by atoms with E-state index in [4.69, 9.17) is 5.73 Å². The molecule has 2 nitrogen and oxygen atoms in total. The Kier molecular flexibility index (Phi) is 4.08. The molecule has 21 heavy (non-hydrogen) atoms. The third-order valence-corrected chi connectivity index (χ3v) is 4.13. The molecule has 0 aliphatic heterocycles. The summed E-state index contributed by atoms with van der Waals surface area (Å²) in [5, 5.41) is 1.16. The molecular weight excluding hydrogens is 331 g/mol. The number of rotatable bonds is 4. The third-order valence-electron chi connectivity index (χ3n) is 3.63. The van der Waals surface area contributed by atoms with E-state index in [-0.39, 0.29) is 5.82 Å². The second-order valence-electron chi connectivity index (χ2n) is 5.07. The van der Waals surface area contributed by atoms with Gasteiger partial charge in [0.15, 0.2) is 0 Å². The lowest BCUT2D eigenvalue weighted by Crippen LogP contribution is -2.06. The summed E-state index contributed by atoms with van der Waals surface area (Å²) in [6.07, 6.45) is 2.83. The van der Waals surface area contributed by atoms with Crippen molar-refractivity contribution < 1.29 is 4.39 Å². The van der Waals surface area contributed by atoms with E-state index in [0.717, 1.165) is 21.8 Å². The van der Waals surface area contributed by atoms with Crippen LogP contribution in [0.15, 0.2) is 53.1 Å². The first-order chi connectivity index (χ1) is 10.2. The van der Waals surface area contributed by atoms with Crippen molar-refractivity contribution in [2.45, 2.75) is 13.0 Å². The highest BCUT2D eigenvalue weighted by Crippen LogP contribution is 2.23. The minimum absolute atomic E-state index is 0.184. The Labute approximate surface area is 131 Å². The van der Waals surface area contributed by atoms with E-state index in [2.05, 4.69) is 38.7 Å². The van der Waals surface area contributed by atoms with Crippen molar-refractivity contribution in [2.75, 3.05) is 6.54 Å². The van der Waals surface area contributed by atoms with Gasteiger partial charge in [0.2, 0.25) is 0 Å². The number of hydrogen-bond acceptors (Lipinski definition) is 1. The fourth-order valence-electron chi connectivity index (χ4n) is 2.68. The van der Waals surface area contributed by atoms with Gasteiger partial charge >= 0.3 is 0 Å². The lowest BCUT2D eigenvalue weighted by Gasteiger charge is -2.10. The van der Waals surface area contributed by atoms with Gasteiger partial charge in [-0.05, 0) is 48.2 Å². The van der Waals surface area contributed by atoms with Crippen LogP contribution in [0.3, 0.4) is 0 Å². The van der Waals surface area contributed by atoms with Crippen LogP contribution in [0, 0.1) is 5.82 Å². The highest BCUT2D eigenvalue weighted by Gasteiger charge is 2.09. The molecule has 1 heterocycles. The predicted molar refractivity (Wildman–Crippen MR) is 87.9 cm³/mol. The smallest absolute Gasteiger partial charge is 0.128 e. The Hall–Kier alpha value is -1.65. The van der Waals surface area contributed by atoms with E-state index in [0.29, 0.717) is 18.7 Å². The van der Waals surface area contributed by atoms with Crippen LogP contribution in [0.25, 0.3) is 10.9 Å². The minimum atomic E-state index is -0.184. The van der Waals surface area contributed by atoms with E-state index in [1.54, 1.807) is 6.07 Å². The van der Waals surface area contributed by atoms with Gasteiger partial charge in [-0.2, -0.15) is 0 Å². The van der Waals surface area contributed by atoms with Gasteiger partial charge in [-0.15, -0.1) is 0 Å². The lowest BCUT2D eigenvalue weighted by molar-refractivity contribution is 0.601. The van der Waals surface area contributed by atoms with Crippen molar-refractivity contribution in [3.05, 3.63) is 70.1 Å². The molecule has 108 valence electrons. The summed E-state index contributed by atoms with van der Waals surface area (Å²) in [6.45, 7) is 1.12. The largest absolute Gasteiger partial charge is 0.343 e. The van der Waals surface area contributed by atoms with Gasteiger partial charge in [-0.1, -0.05) is 34.1 Å². The fraction of sp³-hybridized carbons (Fsp3) is 0.176. The lowest BCUT2D eigenvalue weighted by atomic mass is 10.1. The Balaban J connectivity index is 2.06. The van der Waals surface area contributed by atoms with Crippen LogP contribution in [0.5, 0.6) is 0 Å². The number of benzene rings is 2. The number of fused-ring (bicyclic) bond motifs is 1. The summed E-state index contributed by atoms with van der Waals surface area (Å²) in [6, 6.07) is 13.3. The second kappa shape index (κ2) is 6.00. The van der Waals surface area contributed by atoms with Crippen molar-refractivity contribution in [3.63, 3.8) is 0 Å². The van der Waals surface area contributed by atoms with Gasteiger partial charge in [0, 0.05) is 16.2 Å². The second-order valence-corrected chi connectivity index (χ2v) is 5.99. The van der Waals surface area contributed by atoms with Gasteiger partial charge < -0.3 is 10.3 Å². The van der Waals surface area contributed by atoms with Crippen molar-refractivity contribution in [2.24, 2.45) is 5.73 Å². The summed E-state index contributed by atoms with van der Waals surface area (Å²) in [4.78, 5) is 0. The average Bonchev–Trinajstić information content (AvgIpc) is 2.88. The molecule has 3 aromatic rings. The van der Waals surface area contributed by atoms with E-state index in [1.165, 1.54) is 11.6 Å². The normalized spacial score (nSPS) is 11.2. The molecule has 0 radical (unpaired) electrons. The summed E-state index contributed by atoms with van der Waals surface area (Å²) in [7, 11) is 0. The van der Waals surface area contributed by atoms with Crippen LogP contribution in [0.2, 0.25) is 0 Å². The molecule has 0 bridgehead atoms. The fourth-order valence-corrected chi connectivity index (χ4v) is 3.09. The number of aromatic nitrogens is 1. The topological polar surface area (TPSA) is 30.9 Å². The van der Waals surface area contributed by atoms with Crippen molar-refractivity contribution in [3.8, 4) is 0 Å². The Morgan fingerprint density at radius 1 is 1.10 bits per heavy atom. The molecule has 0 aliphatic rings. The molecule has 0 unspecified atom stereocenters. The van der Waals surface area contributed by atoms with E-state index < -0.39 is 0 Å². The Morgan fingerprint density at radius 3 is 2.76 bits per heavy atom. The molecular formula is C17H16BrFN2. The maximum Gasteiger partial charge on any atom is 0.128 e. The van der Waals surface area contributed by atoms with Crippen LogP contribution in [-0.2, 0) is 13.0 Å². The SMILES string of the molecule is NCCc1cccc2ccn(Cc3cc(Br)ccc3F)c12. The molecule has 0 saturated heterocycles. The van der Waals surface area contributed by atoms with Crippen LogP contribution in [-0.4, -0.2) is 11.1 Å². The first-order valence-corrected chi connectivity index (χ1v) is 7.69. The molecule has 2 N–H and O–H groups in total. The molecule has 2 aromatic carbocycles. The van der Waals surface area contributed by atoms with E-state index >= 15 is 0 Å². The molecule has 0 amide bonds. The standard InChI is InChI=1S/C17H16BrFN2/c18-15-4-5-16(19)14(10-15)11-21-9-7-13-3-1-2-12(6-8-20)17(13)21/h1-5,7,9-10H,6,8,11,20H2. The number of para-hydroxylation sites is 1. The maximum absolute atomic E-state index is 14.0. The number of nitrogens with two attached hydrogens (primary N) is 1. The van der Waals surface area contributed by atoms with Crippen LogP contribution in [0.4, 0.5) is 4.39 Å². The zero-order chi connectivity index (χ0) is 14.8. The van der Waals surface area contributed by atoms with E-state index in [1.807, 2.05) is 18.3 Å². The molecule has 4 heteroatoms. The van der Waals surface area contributed by atoms with Gasteiger partial charge in [0.05, 0.1) is 12.1 Å². The highest BCUT2D eigenvalue weighted by atomic mass is 79.9. The average molecular weight is 347 g/mol. The van der Waals surface area contributed by atoms with Crippen molar-refractivity contribution in [1.82, 2.24) is 4.57 Å². The molecule has 0 saturated carbocycles. The zero-order valence-electron chi connectivity index (χ0n) is 11.5. The van der Waals surface area contributed by atoms with Crippen LogP contribution in [0.1, 0.15) is 11.1 Å². The van der Waals surface area contributed by atoms with Gasteiger partial charge in [-0.25, -0.2) is 4.39 Å². The van der Waals surface area contributed by atoms with Crippen LogP contribution >= 0.6 is 15.9 Å². The number of hydrogen-bond donors (Lipinski definition) is 1. The summed E-state index contributed by atoms with van der Waals surface area (Å²) in [5.74, 6) is -0.184.